The highest BCUT2D eigenvalue weighted by Crippen LogP contribution is 2.25. The van der Waals surface area contributed by atoms with Crippen LogP contribution in [0.4, 0.5) is 13.2 Å². The quantitative estimate of drug-likeness (QED) is 0.489. The molecule has 112 valence electrons. The van der Waals surface area contributed by atoms with Gasteiger partial charge in [-0.1, -0.05) is 6.07 Å². The largest absolute Gasteiger partial charge is 0.526 e. The summed E-state index contributed by atoms with van der Waals surface area (Å²) in [5, 5.41) is 1.25. The Morgan fingerprint density at radius 2 is 1.86 bits per heavy atom. The van der Waals surface area contributed by atoms with Gasteiger partial charge in [-0.2, -0.15) is 21.6 Å². The molecule has 0 aliphatic carbocycles. The minimum atomic E-state index is -6.00. The van der Waals surface area contributed by atoms with E-state index in [-0.39, 0.29) is 5.56 Å². The summed E-state index contributed by atoms with van der Waals surface area (Å²) >= 11 is 0. The molecule has 0 unspecified atom stereocenters. The molecular formula is C11H6F3NO5S. The minimum absolute atomic E-state index is 0.175. The van der Waals surface area contributed by atoms with E-state index in [4.69, 9.17) is 0 Å². The lowest BCUT2D eigenvalue weighted by Gasteiger charge is -2.07. The number of aromatic nitrogens is 1. The number of alkyl halides is 3. The highest BCUT2D eigenvalue weighted by Gasteiger charge is 2.49. The predicted octanol–water partition coefficient (Wildman–Crippen LogP) is 2.17. The lowest BCUT2D eigenvalue weighted by atomic mass is 10.1. The summed E-state index contributed by atoms with van der Waals surface area (Å²) in [6.45, 7) is 0. The highest BCUT2D eigenvalue weighted by molar-refractivity contribution is 7.87. The molecule has 2 rings (SSSR count). The zero-order valence-corrected chi connectivity index (χ0v) is 10.8. The molecule has 0 saturated carbocycles. The van der Waals surface area contributed by atoms with E-state index in [0.717, 1.165) is 0 Å². The molecule has 21 heavy (non-hydrogen) atoms. The first-order chi connectivity index (χ1) is 9.71. The van der Waals surface area contributed by atoms with Crippen molar-refractivity contribution in [3.63, 3.8) is 0 Å². The van der Waals surface area contributed by atoms with Crippen molar-refractivity contribution in [3.05, 3.63) is 42.2 Å². The molecule has 0 saturated heterocycles. The molecule has 0 fully saturated rings. The van der Waals surface area contributed by atoms with E-state index in [1.54, 1.807) is 6.07 Å². The number of rotatable bonds is 3. The second-order valence-electron chi connectivity index (χ2n) is 3.78. The Labute approximate surface area is 116 Å². The van der Waals surface area contributed by atoms with E-state index in [0.29, 0.717) is 10.8 Å². The normalized spacial score (nSPS) is 12.3. The molecule has 0 bridgehead atoms. The zero-order chi connectivity index (χ0) is 15.7. The number of hydrogen-bond acceptors (Lipinski definition) is 6. The fraction of sp³-hybridized carbons (Fsp3) is 0.0909. The van der Waals surface area contributed by atoms with Crippen LogP contribution in [0.2, 0.25) is 0 Å². The van der Waals surface area contributed by atoms with Gasteiger partial charge in [0.15, 0.2) is 0 Å². The maximum absolute atomic E-state index is 12.0. The number of fused-ring (bicyclic) bond motifs is 1. The molecule has 1 aromatic carbocycles. The van der Waals surface area contributed by atoms with Crippen LogP contribution in [0.15, 0.2) is 36.7 Å². The van der Waals surface area contributed by atoms with Crippen LogP contribution in [0.5, 0.6) is 0 Å². The second kappa shape index (κ2) is 5.30. The third-order valence-electron chi connectivity index (χ3n) is 2.36. The predicted molar refractivity (Wildman–Crippen MR) is 63.2 cm³/mol. The van der Waals surface area contributed by atoms with Crippen molar-refractivity contribution in [2.45, 2.75) is 5.51 Å². The van der Waals surface area contributed by atoms with Crippen LogP contribution in [0.25, 0.3) is 10.8 Å². The van der Waals surface area contributed by atoms with Crippen LogP contribution < -0.4 is 0 Å². The molecule has 0 atom stereocenters. The fourth-order valence-electron chi connectivity index (χ4n) is 1.37. The molecule has 6 nitrogen and oxygen atoms in total. The maximum atomic E-state index is 12.0. The number of nitrogens with zero attached hydrogens (tertiary/aromatic N) is 1. The van der Waals surface area contributed by atoms with Crippen molar-refractivity contribution in [1.82, 2.24) is 4.98 Å². The van der Waals surface area contributed by atoms with Gasteiger partial charge >= 0.3 is 21.6 Å². The van der Waals surface area contributed by atoms with Crippen LogP contribution in [0.1, 0.15) is 10.4 Å². The van der Waals surface area contributed by atoms with Crippen LogP contribution in [-0.2, 0) is 19.3 Å². The number of benzene rings is 1. The average molecular weight is 321 g/mol. The van der Waals surface area contributed by atoms with Crippen LogP contribution in [0, 0.1) is 0 Å². The van der Waals surface area contributed by atoms with Crippen molar-refractivity contribution in [3.8, 4) is 0 Å². The van der Waals surface area contributed by atoms with Gasteiger partial charge in [-0.05, 0) is 27.9 Å². The van der Waals surface area contributed by atoms with E-state index in [1.165, 1.54) is 30.6 Å². The van der Waals surface area contributed by atoms with Crippen LogP contribution in [-0.4, -0.2) is 24.9 Å². The minimum Gasteiger partial charge on any atom is -0.276 e. The third kappa shape index (κ3) is 3.28. The smallest absolute Gasteiger partial charge is 0.276 e. The molecule has 1 aromatic heterocycles. The topological polar surface area (TPSA) is 82.6 Å². The van der Waals surface area contributed by atoms with Crippen molar-refractivity contribution in [2.24, 2.45) is 0 Å². The molecule has 1 heterocycles. The average Bonchev–Trinajstić information content (AvgIpc) is 2.43. The Hall–Kier alpha value is -2.20. The van der Waals surface area contributed by atoms with E-state index >= 15 is 0 Å². The molecular weight excluding hydrogens is 315 g/mol. The van der Waals surface area contributed by atoms with Crippen molar-refractivity contribution in [1.29, 1.82) is 0 Å². The van der Waals surface area contributed by atoms with Crippen molar-refractivity contribution in [2.75, 3.05) is 0 Å². The Balaban J connectivity index is 2.16. The fourth-order valence-corrected chi connectivity index (χ4v) is 1.60. The molecule has 0 aliphatic rings. The summed E-state index contributed by atoms with van der Waals surface area (Å²) < 4.78 is 60.3. The first-order valence-electron chi connectivity index (χ1n) is 5.26. The molecule has 0 aliphatic heterocycles. The molecule has 0 spiro atoms. The number of pyridine rings is 1. The SMILES string of the molecule is O=C(OOS(=O)(=O)C(F)(F)F)c1ccc2cnccc2c1. The van der Waals surface area contributed by atoms with Crippen LogP contribution >= 0.6 is 0 Å². The lowest BCUT2D eigenvalue weighted by Crippen LogP contribution is -2.26. The standard InChI is InChI=1S/C11H6F3NO5S/c12-11(13,14)21(17,18)20-19-10(16)8-1-2-9-6-15-4-3-7(9)5-8/h1-6H. The van der Waals surface area contributed by atoms with Gasteiger partial charge < -0.3 is 0 Å². The van der Waals surface area contributed by atoms with Gasteiger partial charge in [0.1, 0.15) is 0 Å². The molecule has 0 radical (unpaired) electrons. The first kappa shape index (κ1) is 15.2. The summed E-state index contributed by atoms with van der Waals surface area (Å²) in [7, 11) is -6.00. The Bertz CT molecular complexity index is 788. The third-order valence-corrected chi connectivity index (χ3v) is 3.17. The van der Waals surface area contributed by atoms with Gasteiger partial charge in [0.25, 0.3) is 0 Å². The lowest BCUT2D eigenvalue weighted by molar-refractivity contribution is -0.163. The number of carbonyl (C=O) groups excluding carboxylic acids is 1. The van der Waals surface area contributed by atoms with Gasteiger partial charge in [0, 0.05) is 17.8 Å². The summed E-state index contributed by atoms with van der Waals surface area (Å²) in [4.78, 5) is 19.0. The number of carbonyl (C=O) groups is 1. The zero-order valence-electron chi connectivity index (χ0n) is 9.99. The van der Waals surface area contributed by atoms with Crippen molar-refractivity contribution < 1.29 is 35.6 Å². The monoisotopic (exact) mass is 321 g/mol. The van der Waals surface area contributed by atoms with Gasteiger partial charge in [0.2, 0.25) is 0 Å². The first-order valence-corrected chi connectivity index (χ1v) is 6.67. The highest BCUT2D eigenvalue weighted by atomic mass is 32.2. The molecule has 0 N–H and O–H groups in total. The molecule has 0 amide bonds. The Morgan fingerprint density at radius 3 is 2.52 bits per heavy atom. The van der Waals surface area contributed by atoms with Crippen molar-refractivity contribution >= 4 is 26.9 Å². The van der Waals surface area contributed by atoms with E-state index in [2.05, 4.69) is 14.2 Å². The number of hydrogen-bond donors (Lipinski definition) is 0. The van der Waals surface area contributed by atoms with Crippen LogP contribution in [0.3, 0.4) is 0 Å². The van der Waals surface area contributed by atoms with E-state index in [9.17, 15) is 26.4 Å². The summed E-state index contributed by atoms with van der Waals surface area (Å²) in [5.74, 6) is -1.37. The van der Waals surface area contributed by atoms with Gasteiger partial charge in [-0.25, -0.2) is 4.79 Å². The van der Waals surface area contributed by atoms with Gasteiger partial charge in [-0.15, -0.1) is 0 Å². The van der Waals surface area contributed by atoms with Gasteiger partial charge in [-0.3, -0.25) is 9.87 Å². The van der Waals surface area contributed by atoms with E-state index in [1.807, 2.05) is 0 Å². The molecule has 10 heteroatoms. The van der Waals surface area contributed by atoms with E-state index < -0.39 is 21.6 Å². The number of halogens is 3. The summed E-state index contributed by atoms with van der Waals surface area (Å²) in [6.07, 6.45) is 2.96. The Kier molecular flexibility index (Phi) is 3.83. The second-order valence-corrected chi connectivity index (χ2v) is 5.28. The molecule has 2 aromatic rings. The summed E-state index contributed by atoms with van der Waals surface area (Å²) in [6, 6.07) is 5.55. The van der Waals surface area contributed by atoms with Gasteiger partial charge in [0.05, 0.1) is 5.56 Å². The Morgan fingerprint density at radius 1 is 1.14 bits per heavy atom. The maximum Gasteiger partial charge on any atom is 0.526 e. The summed E-state index contributed by atoms with van der Waals surface area (Å²) in [5.41, 5.74) is -5.85.